The summed E-state index contributed by atoms with van der Waals surface area (Å²) >= 11 is 0. The van der Waals surface area contributed by atoms with Crippen LogP contribution in [0.25, 0.3) is 0 Å². The number of aromatic nitrogens is 2. The van der Waals surface area contributed by atoms with Crippen molar-refractivity contribution < 1.29 is 0 Å². The summed E-state index contributed by atoms with van der Waals surface area (Å²) in [5, 5.41) is 3.43. The van der Waals surface area contributed by atoms with Gasteiger partial charge in [-0.1, -0.05) is 0 Å². The average Bonchev–Trinajstić information content (AvgIpc) is 2.84. The zero-order valence-corrected chi connectivity index (χ0v) is 10.7. The summed E-state index contributed by atoms with van der Waals surface area (Å²) in [5.41, 5.74) is 1.16. The van der Waals surface area contributed by atoms with E-state index >= 15 is 0 Å². The highest BCUT2D eigenvalue weighted by molar-refractivity contribution is 4.92. The first-order valence-electron chi connectivity index (χ1n) is 6.43. The van der Waals surface area contributed by atoms with Crippen molar-refractivity contribution in [2.45, 2.75) is 13.0 Å². The van der Waals surface area contributed by atoms with Crippen molar-refractivity contribution >= 4 is 0 Å². The van der Waals surface area contributed by atoms with Crippen molar-refractivity contribution in [2.24, 2.45) is 0 Å². The molecule has 0 bridgehead atoms. The Morgan fingerprint density at radius 1 is 1.35 bits per heavy atom. The van der Waals surface area contributed by atoms with Crippen LogP contribution < -0.4 is 5.32 Å². The van der Waals surface area contributed by atoms with E-state index in [9.17, 15) is 0 Å². The molecule has 96 valence electrons. The molecular formula is C12H23N5. The predicted molar refractivity (Wildman–Crippen MR) is 68.8 cm³/mol. The zero-order valence-electron chi connectivity index (χ0n) is 10.7. The van der Waals surface area contributed by atoms with Gasteiger partial charge in [-0.05, 0) is 26.6 Å². The van der Waals surface area contributed by atoms with Crippen LogP contribution in [0.15, 0.2) is 12.5 Å². The summed E-state index contributed by atoms with van der Waals surface area (Å²) in [6.07, 6.45) is 4.81. The van der Waals surface area contributed by atoms with Crippen molar-refractivity contribution in [2.75, 3.05) is 46.3 Å². The lowest BCUT2D eigenvalue weighted by Crippen LogP contribution is -2.45. The molecule has 0 aliphatic carbocycles. The van der Waals surface area contributed by atoms with Gasteiger partial charge in [-0.15, -0.1) is 0 Å². The van der Waals surface area contributed by atoms with Crippen molar-refractivity contribution in [1.29, 1.82) is 0 Å². The fourth-order valence-electron chi connectivity index (χ4n) is 2.10. The maximum atomic E-state index is 3.99. The van der Waals surface area contributed by atoms with Crippen LogP contribution in [0.1, 0.15) is 12.1 Å². The Kier molecular flexibility index (Phi) is 4.97. The normalized spacial score (nSPS) is 18.6. The van der Waals surface area contributed by atoms with Crippen LogP contribution in [0.2, 0.25) is 0 Å². The molecule has 0 aromatic carbocycles. The van der Waals surface area contributed by atoms with Gasteiger partial charge in [0.25, 0.3) is 0 Å². The minimum Gasteiger partial charge on any atom is -0.347 e. The monoisotopic (exact) mass is 237 g/mol. The van der Waals surface area contributed by atoms with Crippen molar-refractivity contribution in [3.8, 4) is 0 Å². The van der Waals surface area contributed by atoms with E-state index in [1.54, 1.807) is 6.33 Å². The number of imidazole rings is 1. The van der Waals surface area contributed by atoms with Crippen LogP contribution in [-0.4, -0.2) is 66.1 Å². The Balaban J connectivity index is 1.49. The Morgan fingerprint density at radius 2 is 2.18 bits per heavy atom. The first-order valence-corrected chi connectivity index (χ1v) is 6.43. The molecular weight excluding hydrogens is 214 g/mol. The fraction of sp³-hybridized carbons (Fsp3) is 0.750. The van der Waals surface area contributed by atoms with Gasteiger partial charge in [0.1, 0.15) is 0 Å². The van der Waals surface area contributed by atoms with Crippen LogP contribution in [0.3, 0.4) is 0 Å². The molecule has 0 atom stereocenters. The van der Waals surface area contributed by atoms with Crippen LogP contribution in [0.5, 0.6) is 0 Å². The first kappa shape index (κ1) is 12.5. The van der Waals surface area contributed by atoms with Gasteiger partial charge < -0.3 is 20.1 Å². The maximum Gasteiger partial charge on any atom is 0.0922 e. The molecule has 1 aromatic heterocycles. The molecule has 1 aliphatic rings. The number of hydrogen-bond donors (Lipinski definition) is 2. The van der Waals surface area contributed by atoms with Crippen LogP contribution >= 0.6 is 0 Å². The van der Waals surface area contributed by atoms with E-state index in [1.165, 1.54) is 39.1 Å². The molecule has 0 amide bonds. The lowest BCUT2D eigenvalue weighted by molar-refractivity contribution is 0.152. The molecule has 0 unspecified atom stereocenters. The van der Waals surface area contributed by atoms with Gasteiger partial charge in [0.15, 0.2) is 0 Å². The molecule has 2 N–H and O–H groups in total. The third-order valence-electron chi connectivity index (χ3n) is 3.29. The van der Waals surface area contributed by atoms with E-state index in [-0.39, 0.29) is 0 Å². The largest absolute Gasteiger partial charge is 0.347 e. The van der Waals surface area contributed by atoms with E-state index in [0.717, 1.165) is 18.8 Å². The molecule has 0 spiro atoms. The van der Waals surface area contributed by atoms with Crippen LogP contribution in [0, 0.1) is 0 Å². The number of nitrogens with zero attached hydrogens (tertiary/aromatic N) is 3. The molecule has 0 radical (unpaired) electrons. The Bertz CT molecular complexity index is 290. The smallest absolute Gasteiger partial charge is 0.0922 e. The molecule has 1 aliphatic heterocycles. The third kappa shape index (κ3) is 4.46. The van der Waals surface area contributed by atoms with E-state index in [2.05, 4.69) is 32.1 Å². The average molecular weight is 237 g/mol. The summed E-state index contributed by atoms with van der Waals surface area (Å²) < 4.78 is 0. The quantitative estimate of drug-likeness (QED) is 0.691. The minimum atomic E-state index is 0.892. The number of piperazine rings is 1. The number of hydrogen-bond acceptors (Lipinski definition) is 4. The number of aromatic amines is 1. The second-order valence-corrected chi connectivity index (χ2v) is 4.75. The van der Waals surface area contributed by atoms with Gasteiger partial charge in [0.05, 0.1) is 6.33 Å². The van der Waals surface area contributed by atoms with E-state index in [0.29, 0.717) is 0 Å². The van der Waals surface area contributed by atoms with E-state index < -0.39 is 0 Å². The third-order valence-corrected chi connectivity index (χ3v) is 3.29. The molecule has 5 heteroatoms. The Labute approximate surface area is 103 Å². The zero-order chi connectivity index (χ0) is 11.9. The maximum absolute atomic E-state index is 3.99. The highest BCUT2D eigenvalue weighted by Crippen LogP contribution is 1.99. The lowest BCUT2D eigenvalue weighted by Gasteiger charge is -2.32. The van der Waals surface area contributed by atoms with Gasteiger partial charge in [-0.25, -0.2) is 4.98 Å². The number of rotatable bonds is 6. The second kappa shape index (κ2) is 6.74. The number of nitrogens with one attached hydrogen (secondary N) is 2. The van der Waals surface area contributed by atoms with E-state index in [1.807, 2.05) is 6.20 Å². The summed E-state index contributed by atoms with van der Waals surface area (Å²) in [6.45, 7) is 8.04. The number of likely N-dealkylation sites (N-methyl/N-ethyl adjacent to an activating group) is 1. The molecule has 2 heterocycles. The lowest BCUT2D eigenvalue weighted by atomic mass is 10.3. The van der Waals surface area contributed by atoms with Crippen LogP contribution in [-0.2, 0) is 6.54 Å². The molecule has 0 saturated carbocycles. The van der Waals surface area contributed by atoms with Crippen molar-refractivity contribution in [3.05, 3.63) is 18.2 Å². The summed E-state index contributed by atoms with van der Waals surface area (Å²) in [5.74, 6) is 0. The molecule has 2 rings (SSSR count). The van der Waals surface area contributed by atoms with E-state index in [4.69, 9.17) is 0 Å². The van der Waals surface area contributed by atoms with Gasteiger partial charge in [0, 0.05) is 44.6 Å². The van der Waals surface area contributed by atoms with Gasteiger partial charge >= 0.3 is 0 Å². The van der Waals surface area contributed by atoms with Crippen molar-refractivity contribution in [1.82, 2.24) is 25.1 Å². The Morgan fingerprint density at radius 3 is 2.88 bits per heavy atom. The van der Waals surface area contributed by atoms with Gasteiger partial charge in [-0.2, -0.15) is 0 Å². The molecule has 5 nitrogen and oxygen atoms in total. The predicted octanol–water partition coefficient (Wildman–Crippen LogP) is 0.137. The second-order valence-electron chi connectivity index (χ2n) is 4.75. The minimum absolute atomic E-state index is 0.892. The molecule has 17 heavy (non-hydrogen) atoms. The fourth-order valence-corrected chi connectivity index (χ4v) is 2.10. The van der Waals surface area contributed by atoms with Gasteiger partial charge in [-0.3, -0.25) is 0 Å². The Hall–Kier alpha value is -0.910. The molecule has 1 fully saturated rings. The molecule has 1 aromatic rings. The highest BCUT2D eigenvalue weighted by atomic mass is 15.2. The van der Waals surface area contributed by atoms with Crippen molar-refractivity contribution in [3.63, 3.8) is 0 Å². The number of H-pyrrole nitrogens is 1. The topological polar surface area (TPSA) is 47.2 Å². The summed E-state index contributed by atoms with van der Waals surface area (Å²) in [7, 11) is 2.20. The van der Waals surface area contributed by atoms with Crippen LogP contribution in [0.4, 0.5) is 0 Å². The van der Waals surface area contributed by atoms with Gasteiger partial charge in [0.2, 0.25) is 0 Å². The summed E-state index contributed by atoms with van der Waals surface area (Å²) in [4.78, 5) is 12.0. The first-order chi connectivity index (χ1) is 8.34. The highest BCUT2D eigenvalue weighted by Gasteiger charge is 2.12. The SMILES string of the molecule is CN1CCN(CCCNCc2cnc[nH]2)CC1. The summed E-state index contributed by atoms with van der Waals surface area (Å²) in [6, 6.07) is 0. The molecule has 1 saturated heterocycles. The standard InChI is InChI=1S/C12H23N5/c1-16-5-7-17(8-6-16)4-2-3-13-9-12-10-14-11-15-12/h10-11,13H,2-9H2,1H3,(H,14,15).